The van der Waals surface area contributed by atoms with E-state index in [2.05, 4.69) is 68.0 Å². The van der Waals surface area contributed by atoms with Gasteiger partial charge in [0.1, 0.15) is 35.2 Å². The summed E-state index contributed by atoms with van der Waals surface area (Å²) in [5.74, 6) is 2.39. The number of rotatable bonds is 8. The lowest BCUT2D eigenvalue weighted by Gasteiger charge is -2.22. The third kappa shape index (κ3) is 6.99. The largest absolute Gasteiger partial charge is 0.425 e. The molecule has 16 nitrogen and oxygen atoms in total. The molecule has 2 unspecified atom stereocenters. The minimum absolute atomic E-state index is 0.292. The SMILES string of the molecule is CC(Nc1ncnc2nc[nH]c12)c1oc(=O)c2ccccc2c1C1=CCNCC1.CC(Nc1ncnc2nc[nH]c12)c1oc(=O)c2ccccc2c1C1=CCOCC1. The molecule has 0 fully saturated rings. The highest BCUT2D eigenvalue weighted by atomic mass is 16.5. The number of anilines is 2. The van der Waals surface area contributed by atoms with Crippen LogP contribution in [0, 0.1) is 0 Å². The summed E-state index contributed by atoms with van der Waals surface area (Å²) in [4.78, 5) is 56.7. The van der Waals surface area contributed by atoms with Crippen molar-refractivity contribution in [3.05, 3.63) is 129 Å². The summed E-state index contributed by atoms with van der Waals surface area (Å²) in [6.07, 6.45) is 11.9. The molecule has 0 bridgehead atoms. The molecule has 6 aromatic heterocycles. The molecule has 2 aromatic carbocycles. The molecular weight excluding hydrogens is 739 g/mol. The molecule has 2 aliphatic heterocycles. The number of hydrogen-bond donors (Lipinski definition) is 5. The average molecular weight is 778 g/mol. The summed E-state index contributed by atoms with van der Waals surface area (Å²) in [6, 6.07) is 14.5. The number of imidazole rings is 2. The van der Waals surface area contributed by atoms with E-state index in [0.717, 1.165) is 53.4 Å². The van der Waals surface area contributed by atoms with E-state index in [1.54, 1.807) is 18.7 Å². The molecule has 0 radical (unpaired) electrons. The molecule has 2 aliphatic rings. The molecule has 0 aliphatic carbocycles. The van der Waals surface area contributed by atoms with Crippen LogP contribution in [0.1, 0.15) is 61.4 Å². The zero-order valence-corrected chi connectivity index (χ0v) is 31.7. The zero-order valence-electron chi connectivity index (χ0n) is 31.7. The Balaban J connectivity index is 0.000000150. The van der Waals surface area contributed by atoms with Gasteiger partial charge >= 0.3 is 11.3 Å². The summed E-state index contributed by atoms with van der Waals surface area (Å²) in [5.41, 5.74) is 6.11. The predicted molar refractivity (Wildman–Crippen MR) is 221 cm³/mol. The molecule has 58 heavy (non-hydrogen) atoms. The number of H-pyrrole nitrogens is 2. The van der Waals surface area contributed by atoms with Gasteiger partial charge in [0.2, 0.25) is 0 Å². The normalized spacial score (nSPS) is 15.4. The number of fused-ring (bicyclic) bond motifs is 4. The van der Waals surface area contributed by atoms with Crippen molar-refractivity contribution in [2.75, 3.05) is 36.9 Å². The van der Waals surface area contributed by atoms with Gasteiger partial charge in [0.15, 0.2) is 22.9 Å². The Morgan fingerprint density at radius 2 is 1.16 bits per heavy atom. The quantitative estimate of drug-likeness (QED) is 0.112. The second-order valence-corrected chi connectivity index (χ2v) is 14.0. The van der Waals surface area contributed by atoms with E-state index in [9.17, 15) is 9.59 Å². The first-order valence-electron chi connectivity index (χ1n) is 19.0. The van der Waals surface area contributed by atoms with Gasteiger partial charge in [-0.1, -0.05) is 48.6 Å². The Hall–Kier alpha value is -7.04. The molecule has 292 valence electrons. The van der Waals surface area contributed by atoms with Crippen LogP contribution in [-0.2, 0) is 4.74 Å². The van der Waals surface area contributed by atoms with Crippen LogP contribution in [0.15, 0.2) is 104 Å². The Bertz CT molecular complexity index is 2780. The maximum Gasteiger partial charge on any atom is 0.343 e. The Kier molecular flexibility index (Phi) is 9.99. The van der Waals surface area contributed by atoms with Gasteiger partial charge in [-0.05, 0) is 67.3 Å². The van der Waals surface area contributed by atoms with Gasteiger partial charge in [-0.3, -0.25) is 0 Å². The highest BCUT2D eigenvalue weighted by molar-refractivity contribution is 5.95. The highest BCUT2D eigenvalue weighted by Gasteiger charge is 2.25. The minimum Gasteiger partial charge on any atom is -0.425 e. The number of aromatic amines is 2. The third-order valence-electron chi connectivity index (χ3n) is 10.3. The molecule has 0 amide bonds. The second kappa shape index (κ2) is 15.8. The summed E-state index contributed by atoms with van der Waals surface area (Å²) < 4.78 is 17.2. The summed E-state index contributed by atoms with van der Waals surface area (Å²) in [5, 5.41) is 13.0. The fourth-order valence-electron chi connectivity index (χ4n) is 7.60. The van der Waals surface area contributed by atoms with Gasteiger partial charge in [0.25, 0.3) is 0 Å². The number of ether oxygens (including phenoxy) is 1. The van der Waals surface area contributed by atoms with Crippen LogP contribution >= 0.6 is 0 Å². The van der Waals surface area contributed by atoms with Crippen LogP contribution in [-0.4, -0.2) is 66.2 Å². The molecule has 16 heteroatoms. The van der Waals surface area contributed by atoms with E-state index in [1.165, 1.54) is 18.2 Å². The number of benzene rings is 2. The van der Waals surface area contributed by atoms with Crippen molar-refractivity contribution in [3.8, 4) is 0 Å². The van der Waals surface area contributed by atoms with Crippen molar-refractivity contribution in [2.24, 2.45) is 0 Å². The van der Waals surface area contributed by atoms with E-state index in [-0.39, 0.29) is 23.3 Å². The first-order valence-corrected chi connectivity index (χ1v) is 19.0. The molecule has 2 atom stereocenters. The third-order valence-corrected chi connectivity index (χ3v) is 10.3. The van der Waals surface area contributed by atoms with Crippen molar-refractivity contribution >= 4 is 66.7 Å². The molecule has 5 N–H and O–H groups in total. The number of nitrogens with zero attached hydrogens (tertiary/aromatic N) is 6. The van der Waals surface area contributed by atoms with Crippen LogP contribution in [0.2, 0.25) is 0 Å². The summed E-state index contributed by atoms with van der Waals surface area (Å²) >= 11 is 0. The molecular formula is C42H39N11O5. The van der Waals surface area contributed by atoms with Crippen molar-refractivity contribution in [1.29, 1.82) is 0 Å². The minimum atomic E-state index is -0.352. The topological polar surface area (TPSA) is 215 Å². The standard InChI is InChI=1S/C21H20N6O2.C21H19N5O3/c1-12(27-20-17-19(24-10-23-17)25-11-26-20)18-16(13-6-8-22-9-7-13)14-4-2-3-5-15(14)21(28)29-18;1-12(26-20-17-19(23-10-22-17)24-11-25-20)18-16(13-6-8-28-9-7-13)14-4-2-3-5-15(14)21(27)29-18/h2-6,10-12,22H,7-9H2,1H3,(H2,23,24,25,26,27);2-6,10-12H,7-9H2,1H3,(H2,22,23,24,25,26). The predicted octanol–water partition coefficient (Wildman–Crippen LogP) is 6.45. The van der Waals surface area contributed by atoms with Crippen LogP contribution < -0.4 is 27.2 Å². The fraction of sp³-hybridized carbons (Fsp3) is 0.238. The Morgan fingerprint density at radius 1 is 0.638 bits per heavy atom. The smallest absolute Gasteiger partial charge is 0.343 e. The first kappa shape index (κ1) is 36.6. The Labute approximate surface area is 329 Å². The van der Waals surface area contributed by atoms with Crippen molar-refractivity contribution in [1.82, 2.24) is 45.2 Å². The zero-order chi connectivity index (χ0) is 39.6. The molecule has 0 saturated carbocycles. The first-order chi connectivity index (χ1) is 28.4. The summed E-state index contributed by atoms with van der Waals surface area (Å²) in [6.45, 7) is 6.78. The van der Waals surface area contributed by atoms with Gasteiger partial charge in [-0.25, -0.2) is 39.5 Å². The van der Waals surface area contributed by atoms with Gasteiger partial charge in [0, 0.05) is 17.7 Å². The second-order valence-electron chi connectivity index (χ2n) is 14.0. The van der Waals surface area contributed by atoms with Crippen LogP contribution in [0.25, 0.3) is 55.0 Å². The van der Waals surface area contributed by atoms with Crippen LogP contribution in [0.3, 0.4) is 0 Å². The monoisotopic (exact) mass is 777 g/mol. The molecule has 10 rings (SSSR count). The molecule has 8 heterocycles. The lowest BCUT2D eigenvalue weighted by Crippen LogP contribution is -2.22. The maximum atomic E-state index is 12.7. The van der Waals surface area contributed by atoms with Crippen molar-refractivity contribution < 1.29 is 13.6 Å². The summed E-state index contributed by atoms with van der Waals surface area (Å²) in [7, 11) is 0. The van der Waals surface area contributed by atoms with Gasteiger partial charge in [-0.15, -0.1) is 0 Å². The lowest BCUT2D eigenvalue weighted by molar-refractivity contribution is 0.161. The highest BCUT2D eigenvalue weighted by Crippen LogP contribution is 2.36. The van der Waals surface area contributed by atoms with E-state index in [1.807, 2.05) is 56.3 Å². The van der Waals surface area contributed by atoms with Gasteiger partial charge in [-0.2, -0.15) is 0 Å². The maximum absolute atomic E-state index is 12.7. The molecule has 0 saturated heterocycles. The molecule has 8 aromatic rings. The van der Waals surface area contributed by atoms with E-state index in [0.29, 0.717) is 69.5 Å². The average Bonchev–Trinajstić information content (AvgIpc) is 3.96. The number of aromatic nitrogens is 8. The lowest BCUT2D eigenvalue weighted by atomic mass is 9.92. The van der Waals surface area contributed by atoms with Crippen molar-refractivity contribution in [3.63, 3.8) is 0 Å². The Morgan fingerprint density at radius 3 is 1.64 bits per heavy atom. The van der Waals surface area contributed by atoms with Crippen LogP contribution in [0.5, 0.6) is 0 Å². The molecule has 0 spiro atoms. The van der Waals surface area contributed by atoms with Crippen LogP contribution in [0.4, 0.5) is 11.6 Å². The van der Waals surface area contributed by atoms with Gasteiger partial charge in [0.05, 0.1) is 48.7 Å². The van der Waals surface area contributed by atoms with Crippen molar-refractivity contribution in [2.45, 2.75) is 38.8 Å². The van der Waals surface area contributed by atoms with E-state index < -0.39 is 0 Å². The van der Waals surface area contributed by atoms with Gasteiger partial charge < -0.3 is 39.5 Å². The van der Waals surface area contributed by atoms with E-state index in [4.69, 9.17) is 13.6 Å². The number of nitrogens with one attached hydrogen (secondary N) is 5. The van der Waals surface area contributed by atoms with E-state index >= 15 is 0 Å². The number of hydrogen-bond acceptors (Lipinski definition) is 14. The fourth-order valence-corrected chi connectivity index (χ4v) is 7.60.